The first-order chi connectivity index (χ1) is 12.2. The summed E-state index contributed by atoms with van der Waals surface area (Å²) in [6.07, 6.45) is -0.448. The second kappa shape index (κ2) is 7.00. The number of thiophene rings is 1. The molecule has 1 fully saturated rings. The first kappa shape index (κ1) is 16.3. The van der Waals surface area contributed by atoms with Gasteiger partial charge in [-0.25, -0.2) is 0 Å². The summed E-state index contributed by atoms with van der Waals surface area (Å²) in [5.74, 6) is 0.0506. The standard InChI is InChI=1S/C19H21N3O2S/c23-17(18-6-3-11-25-18)13-21-7-9-22(10-8-21)19(24)16-12-14-4-1-2-5-15(14)20-16/h1-6,11-12,17,20,23H,7-10,13H2. The molecule has 0 saturated carbocycles. The van der Waals surface area contributed by atoms with Crippen molar-refractivity contribution in [3.8, 4) is 0 Å². The van der Waals surface area contributed by atoms with Crippen molar-refractivity contribution in [1.29, 1.82) is 0 Å². The zero-order chi connectivity index (χ0) is 17.2. The number of β-amino-alcohol motifs (C(OH)–C–C–N with tert-alkyl or cyclic N) is 1. The number of aromatic nitrogens is 1. The lowest BCUT2D eigenvalue weighted by molar-refractivity contribution is 0.0529. The quantitative estimate of drug-likeness (QED) is 0.756. The number of nitrogens with zero attached hydrogens (tertiary/aromatic N) is 2. The van der Waals surface area contributed by atoms with Crippen molar-refractivity contribution in [2.75, 3.05) is 32.7 Å². The number of amides is 1. The number of aliphatic hydroxyl groups is 1. The molecule has 2 aromatic heterocycles. The number of carbonyl (C=O) groups is 1. The molecule has 3 aromatic rings. The highest BCUT2D eigenvalue weighted by Crippen LogP contribution is 2.21. The summed E-state index contributed by atoms with van der Waals surface area (Å²) in [6.45, 7) is 3.56. The van der Waals surface area contributed by atoms with Crippen LogP contribution in [0.5, 0.6) is 0 Å². The van der Waals surface area contributed by atoms with Crippen LogP contribution >= 0.6 is 11.3 Å². The highest BCUT2D eigenvalue weighted by Gasteiger charge is 2.24. The van der Waals surface area contributed by atoms with Gasteiger partial charge in [0.2, 0.25) is 0 Å². The Morgan fingerprint density at radius 2 is 1.96 bits per heavy atom. The maximum atomic E-state index is 12.7. The van der Waals surface area contributed by atoms with Crippen LogP contribution in [0.3, 0.4) is 0 Å². The molecule has 1 aromatic carbocycles. The summed E-state index contributed by atoms with van der Waals surface area (Å²) in [5, 5.41) is 13.3. The molecule has 4 rings (SSSR count). The van der Waals surface area contributed by atoms with Crippen molar-refractivity contribution in [1.82, 2.24) is 14.8 Å². The number of rotatable bonds is 4. The number of carbonyl (C=O) groups excluding carboxylic acids is 1. The summed E-state index contributed by atoms with van der Waals surface area (Å²) < 4.78 is 0. The molecule has 0 bridgehead atoms. The van der Waals surface area contributed by atoms with E-state index in [1.807, 2.05) is 52.7 Å². The summed E-state index contributed by atoms with van der Waals surface area (Å²) in [5.41, 5.74) is 1.64. The SMILES string of the molecule is O=C(c1cc2ccccc2[nH]1)N1CCN(CC(O)c2cccs2)CC1. The number of aromatic amines is 1. The molecule has 1 saturated heterocycles. The second-order valence-corrected chi connectivity index (χ2v) is 7.37. The molecule has 130 valence electrons. The van der Waals surface area contributed by atoms with Crippen molar-refractivity contribution >= 4 is 28.1 Å². The van der Waals surface area contributed by atoms with Crippen molar-refractivity contribution in [3.63, 3.8) is 0 Å². The zero-order valence-corrected chi connectivity index (χ0v) is 14.7. The van der Waals surface area contributed by atoms with Crippen LogP contribution in [0, 0.1) is 0 Å². The molecule has 1 atom stereocenters. The Kier molecular flexibility index (Phi) is 4.57. The van der Waals surface area contributed by atoms with E-state index in [1.54, 1.807) is 11.3 Å². The minimum atomic E-state index is -0.448. The number of aliphatic hydroxyl groups excluding tert-OH is 1. The van der Waals surface area contributed by atoms with Gasteiger partial charge in [0.15, 0.2) is 0 Å². The van der Waals surface area contributed by atoms with Gasteiger partial charge in [-0.2, -0.15) is 0 Å². The molecule has 0 spiro atoms. The van der Waals surface area contributed by atoms with Crippen LogP contribution in [-0.4, -0.2) is 58.5 Å². The fourth-order valence-electron chi connectivity index (χ4n) is 3.31. The van der Waals surface area contributed by atoms with Crippen molar-refractivity contribution in [3.05, 3.63) is 58.4 Å². The van der Waals surface area contributed by atoms with Crippen LogP contribution in [0.25, 0.3) is 10.9 Å². The molecule has 2 N–H and O–H groups in total. The first-order valence-corrected chi connectivity index (χ1v) is 9.39. The molecule has 0 radical (unpaired) electrons. The molecule has 1 aliphatic rings. The van der Waals surface area contributed by atoms with E-state index in [2.05, 4.69) is 9.88 Å². The summed E-state index contributed by atoms with van der Waals surface area (Å²) in [6, 6.07) is 13.8. The normalized spacial score (nSPS) is 17.1. The van der Waals surface area contributed by atoms with Gasteiger partial charge >= 0.3 is 0 Å². The van der Waals surface area contributed by atoms with E-state index >= 15 is 0 Å². The average molecular weight is 355 g/mol. The minimum absolute atomic E-state index is 0.0506. The summed E-state index contributed by atoms with van der Waals surface area (Å²) in [4.78, 5) is 21.0. The van der Waals surface area contributed by atoms with Crippen LogP contribution in [0.4, 0.5) is 0 Å². The van der Waals surface area contributed by atoms with Gasteiger partial charge in [0.1, 0.15) is 11.8 Å². The lowest BCUT2D eigenvalue weighted by Crippen LogP contribution is -2.49. The second-order valence-electron chi connectivity index (χ2n) is 6.39. The number of piperazine rings is 1. The minimum Gasteiger partial charge on any atom is -0.386 e. The number of H-pyrrole nitrogens is 1. The van der Waals surface area contributed by atoms with Crippen LogP contribution in [0.1, 0.15) is 21.5 Å². The Hall–Kier alpha value is -2.15. The molecule has 5 nitrogen and oxygen atoms in total. The van der Waals surface area contributed by atoms with Gasteiger partial charge in [-0.15, -0.1) is 11.3 Å². The van der Waals surface area contributed by atoms with E-state index in [0.29, 0.717) is 25.3 Å². The monoisotopic (exact) mass is 355 g/mol. The van der Waals surface area contributed by atoms with Crippen molar-refractivity contribution < 1.29 is 9.90 Å². The number of hydrogen-bond donors (Lipinski definition) is 2. The molecule has 25 heavy (non-hydrogen) atoms. The fourth-order valence-corrected chi connectivity index (χ4v) is 4.01. The summed E-state index contributed by atoms with van der Waals surface area (Å²) in [7, 11) is 0. The number of para-hydroxylation sites is 1. The van der Waals surface area contributed by atoms with Gasteiger partial charge < -0.3 is 15.0 Å². The van der Waals surface area contributed by atoms with Gasteiger partial charge in [0, 0.05) is 48.5 Å². The average Bonchev–Trinajstić information content (AvgIpc) is 3.31. The van der Waals surface area contributed by atoms with Gasteiger partial charge in [-0.1, -0.05) is 24.3 Å². The van der Waals surface area contributed by atoms with E-state index in [4.69, 9.17) is 0 Å². The number of nitrogens with one attached hydrogen (secondary N) is 1. The predicted molar refractivity (Wildman–Crippen MR) is 99.9 cm³/mol. The molecular weight excluding hydrogens is 334 g/mol. The molecule has 1 aliphatic heterocycles. The largest absolute Gasteiger partial charge is 0.386 e. The van der Waals surface area contributed by atoms with Gasteiger partial charge in [0.05, 0.1) is 0 Å². The predicted octanol–water partition coefficient (Wildman–Crippen LogP) is 2.72. The van der Waals surface area contributed by atoms with Crippen LogP contribution in [0.15, 0.2) is 47.8 Å². The molecule has 1 amide bonds. The number of benzene rings is 1. The topological polar surface area (TPSA) is 59.6 Å². The lowest BCUT2D eigenvalue weighted by atomic mass is 10.2. The zero-order valence-electron chi connectivity index (χ0n) is 13.9. The fraction of sp³-hybridized carbons (Fsp3) is 0.316. The van der Waals surface area contributed by atoms with E-state index < -0.39 is 6.10 Å². The molecule has 0 aliphatic carbocycles. The highest BCUT2D eigenvalue weighted by molar-refractivity contribution is 7.10. The maximum absolute atomic E-state index is 12.7. The Morgan fingerprint density at radius 3 is 2.68 bits per heavy atom. The van der Waals surface area contributed by atoms with Crippen molar-refractivity contribution in [2.45, 2.75) is 6.10 Å². The van der Waals surface area contributed by atoms with Gasteiger partial charge in [0.25, 0.3) is 5.91 Å². The third-order valence-corrected chi connectivity index (χ3v) is 5.70. The van der Waals surface area contributed by atoms with Crippen LogP contribution in [-0.2, 0) is 0 Å². The smallest absolute Gasteiger partial charge is 0.270 e. The third kappa shape index (κ3) is 3.46. The van der Waals surface area contributed by atoms with Crippen molar-refractivity contribution in [2.24, 2.45) is 0 Å². The van der Waals surface area contributed by atoms with Crippen LogP contribution < -0.4 is 0 Å². The summed E-state index contributed by atoms with van der Waals surface area (Å²) >= 11 is 1.58. The molecule has 6 heteroatoms. The Balaban J connectivity index is 1.35. The Labute approximate surface area is 150 Å². The molecule has 1 unspecified atom stereocenters. The van der Waals surface area contributed by atoms with Gasteiger partial charge in [-0.05, 0) is 23.6 Å². The van der Waals surface area contributed by atoms with E-state index in [9.17, 15) is 9.90 Å². The van der Waals surface area contributed by atoms with Gasteiger partial charge in [-0.3, -0.25) is 9.69 Å². The highest BCUT2D eigenvalue weighted by atomic mass is 32.1. The molecular formula is C19H21N3O2S. The molecule has 3 heterocycles. The lowest BCUT2D eigenvalue weighted by Gasteiger charge is -2.35. The van der Waals surface area contributed by atoms with Crippen LogP contribution in [0.2, 0.25) is 0 Å². The Bertz CT molecular complexity index is 818. The van der Waals surface area contributed by atoms with E-state index in [0.717, 1.165) is 28.9 Å². The Morgan fingerprint density at radius 1 is 1.16 bits per heavy atom. The number of fused-ring (bicyclic) bond motifs is 1. The maximum Gasteiger partial charge on any atom is 0.270 e. The third-order valence-electron chi connectivity index (χ3n) is 4.72. The first-order valence-electron chi connectivity index (χ1n) is 8.51. The number of hydrogen-bond acceptors (Lipinski definition) is 4. The van der Waals surface area contributed by atoms with E-state index in [-0.39, 0.29) is 5.91 Å². The van der Waals surface area contributed by atoms with E-state index in [1.165, 1.54) is 0 Å².